The number of aryl methyl sites for hydroxylation is 1. The summed E-state index contributed by atoms with van der Waals surface area (Å²) in [5.74, 6) is 0. The maximum atomic E-state index is 9.44. The van der Waals surface area contributed by atoms with E-state index in [1.165, 1.54) is 0 Å². The maximum Gasteiger partial charge on any atom is 0.172 e. The lowest BCUT2D eigenvalue weighted by molar-refractivity contribution is 0.199. The Labute approximate surface area is 76.0 Å². The van der Waals surface area contributed by atoms with Gasteiger partial charge in [-0.1, -0.05) is 17.3 Å². The van der Waals surface area contributed by atoms with Crippen LogP contribution in [0.1, 0.15) is 24.3 Å². The summed E-state index contributed by atoms with van der Waals surface area (Å²) in [7, 11) is 0. The highest BCUT2D eigenvalue weighted by molar-refractivity contribution is 5.82. The molecule has 68 valence electrons. The standard InChI is InChI=1S/C10H11NO2/c1-6-8-4-3-5-9(7(2)12)10(8)13-11-6/h3-5,7,12H,1-2H3. The molecule has 0 saturated carbocycles. The van der Waals surface area contributed by atoms with E-state index in [1.54, 1.807) is 6.92 Å². The van der Waals surface area contributed by atoms with Crippen molar-refractivity contribution in [3.63, 3.8) is 0 Å². The van der Waals surface area contributed by atoms with Crippen LogP contribution in [0, 0.1) is 6.92 Å². The third-order valence-corrected chi connectivity index (χ3v) is 2.16. The van der Waals surface area contributed by atoms with Gasteiger partial charge in [0.2, 0.25) is 0 Å². The fourth-order valence-electron chi connectivity index (χ4n) is 1.43. The summed E-state index contributed by atoms with van der Waals surface area (Å²) in [5.41, 5.74) is 2.34. The molecular weight excluding hydrogens is 166 g/mol. The van der Waals surface area contributed by atoms with E-state index in [0.717, 1.165) is 16.6 Å². The molecule has 1 heterocycles. The molecule has 0 radical (unpaired) electrons. The maximum absolute atomic E-state index is 9.44. The zero-order valence-corrected chi connectivity index (χ0v) is 7.61. The third-order valence-electron chi connectivity index (χ3n) is 2.16. The number of aliphatic hydroxyl groups excluding tert-OH is 1. The molecule has 0 spiro atoms. The summed E-state index contributed by atoms with van der Waals surface area (Å²) in [5, 5.41) is 14.3. The first-order valence-corrected chi connectivity index (χ1v) is 4.23. The number of benzene rings is 1. The molecule has 0 aliphatic carbocycles. The number of hydrogen-bond donors (Lipinski definition) is 1. The lowest BCUT2D eigenvalue weighted by atomic mass is 10.1. The van der Waals surface area contributed by atoms with Crippen LogP contribution in [-0.4, -0.2) is 10.3 Å². The SMILES string of the molecule is Cc1noc2c(C(C)O)cccc12. The summed E-state index contributed by atoms with van der Waals surface area (Å²) in [6.45, 7) is 3.60. The Morgan fingerprint density at radius 3 is 2.92 bits per heavy atom. The third kappa shape index (κ3) is 1.21. The van der Waals surface area contributed by atoms with Crippen LogP contribution in [-0.2, 0) is 0 Å². The minimum absolute atomic E-state index is 0.518. The molecule has 0 saturated heterocycles. The molecule has 1 N–H and O–H groups in total. The number of fused-ring (bicyclic) bond motifs is 1. The largest absolute Gasteiger partial charge is 0.389 e. The fourth-order valence-corrected chi connectivity index (χ4v) is 1.43. The number of hydrogen-bond acceptors (Lipinski definition) is 3. The van der Waals surface area contributed by atoms with E-state index in [4.69, 9.17) is 4.52 Å². The number of nitrogens with zero attached hydrogens (tertiary/aromatic N) is 1. The van der Waals surface area contributed by atoms with Gasteiger partial charge in [0.05, 0.1) is 11.8 Å². The lowest BCUT2D eigenvalue weighted by Crippen LogP contribution is -1.90. The van der Waals surface area contributed by atoms with Gasteiger partial charge in [-0.15, -0.1) is 0 Å². The average Bonchev–Trinajstić information content (AvgIpc) is 2.48. The molecule has 2 rings (SSSR count). The minimum Gasteiger partial charge on any atom is -0.389 e. The van der Waals surface area contributed by atoms with Crippen LogP contribution < -0.4 is 0 Å². The second-order valence-corrected chi connectivity index (χ2v) is 3.17. The highest BCUT2D eigenvalue weighted by atomic mass is 16.5. The first-order chi connectivity index (χ1) is 6.20. The number of rotatable bonds is 1. The van der Waals surface area contributed by atoms with E-state index in [-0.39, 0.29) is 0 Å². The summed E-state index contributed by atoms with van der Waals surface area (Å²) < 4.78 is 5.13. The minimum atomic E-state index is -0.518. The zero-order chi connectivity index (χ0) is 9.42. The van der Waals surface area contributed by atoms with Crippen molar-refractivity contribution in [1.82, 2.24) is 5.16 Å². The molecule has 13 heavy (non-hydrogen) atoms. The Hall–Kier alpha value is -1.35. The predicted octanol–water partition coefficient (Wildman–Crippen LogP) is 2.19. The normalized spacial score (nSPS) is 13.5. The predicted molar refractivity (Wildman–Crippen MR) is 49.4 cm³/mol. The van der Waals surface area contributed by atoms with Crippen molar-refractivity contribution >= 4 is 11.0 Å². The van der Waals surface area contributed by atoms with E-state index in [0.29, 0.717) is 5.58 Å². The van der Waals surface area contributed by atoms with Gasteiger partial charge >= 0.3 is 0 Å². The van der Waals surface area contributed by atoms with Crippen molar-refractivity contribution in [2.45, 2.75) is 20.0 Å². The summed E-state index contributed by atoms with van der Waals surface area (Å²) in [4.78, 5) is 0. The number of aromatic nitrogens is 1. The second kappa shape index (κ2) is 2.85. The molecule has 1 atom stereocenters. The topological polar surface area (TPSA) is 46.3 Å². The molecule has 0 aliphatic rings. The van der Waals surface area contributed by atoms with Crippen molar-refractivity contribution in [2.24, 2.45) is 0 Å². The van der Waals surface area contributed by atoms with Gasteiger partial charge in [-0.2, -0.15) is 0 Å². The molecule has 2 aromatic rings. The van der Waals surface area contributed by atoms with Crippen LogP contribution in [0.3, 0.4) is 0 Å². The van der Waals surface area contributed by atoms with Crippen LogP contribution in [0.4, 0.5) is 0 Å². The Balaban J connectivity index is 2.77. The Bertz CT molecular complexity index is 431. The summed E-state index contributed by atoms with van der Waals surface area (Å²) in [6, 6.07) is 5.68. The first kappa shape index (κ1) is 8.26. The monoisotopic (exact) mass is 177 g/mol. The van der Waals surface area contributed by atoms with Crippen LogP contribution in [0.2, 0.25) is 0 Å². The molecule has 3 nitrogen and oxygen atoms in total. The molecule has 0 fully saturated rings. The van der Waals surface area contributed by atoms with Crippen LogP contribution >= 0.6 is 0 Å². The quantitative estimate of drug-likeness (QED) is 0.726. The fraction of sp³-hybridized carbons (Fsp3) is 0.300. The molecule has 1 unspecified atom stereocenters. The molecular formula is C10H11NO2. The van der Waals surface area contributed by atoms with Gasteiger partial charge in [0.15, 0.2) is 5.58 Å². The van der Waals surface area contributed by atoms with Crippen LogP contribution in [0.25, 0.3) is 11.0 Å². The van der Waals surface area contributed by atoms with E-state index in [9.17, 15) is 5.11 Å². The van der Waals surface area contributed by atoms with Crippen molar-refractivity contribution in [1.29, 1.82) is 0 Å². The average molecular weight is 177 g/mol. The van der Waals surface area contributed by atoms with E-state index in [2.05, 4.69) is 5.16 Å². The highest BCUT2D eigenvalue weighted by Crippen LogP contribution is 2.25. The van der Waals surface area contributed by atoms with Gasteiger partial charge in [-0.05, 0) is 19.9 Å². The van der Waals surface area contributed by atoms with Gasteiger partial charge in [-0.25, -0.2) is 0 Å². The van der Waals surface area contributed by atoms with Crippen molar-refractivity contribution in [2.75, 3.05) is 0 Å². The molecule has 0 aliphatic heterocycles. The van der Waals surface area contributed by atoms with Gasteiger partial charge in [0.1, 0.15) is 0 Å². The van der Waals surface area contributed by atoms with Gasteiger partial charge in [0, 0.05) is 10.9 Å². The molecule has 0 bridgehead atoms. The number of aliphatic hydroxyl groups is 1. The van der Waals surface area contributed by atoms with E-state index < -0.39 is 6.10 Å². The Kier molecular flexibility index (Phi) is 1.81. The smallest absolute Gasteiger partial charge is 0.172 e. The molecule has 3 heteroatoms. The molecule has 1 aromatic heterocycles. The van der Waals surface area contributed by atoms with Crippen molar-refractivity contribution in [3.8, 4) is 0 Å². The number of para-hydroxylation sites is 1. The Morgan fingerprint density at radius 2 is 2.23 bits per heavy atom. The van der Waals surface area contributed by atoms with E-state index in [1.807, 2.05) is 25.1 Å². The van der Waals surface area contributed by atoms with Gasteiger partial charge in [0.25, 0.3) is 0 Å². The molecule has 1 aromatic carbocycles. The van der Waals surface area contributed by atoms with Crippen molar-refractivity contribution < 1.29 is 9.63 Å². The summed E-state index contributed by atoms with van der Waals surface area (Å²) >= 11 is 0. The summed E-state index contributed by atoms with van der Waals surface area (Å²) in [6.07, 6.45) is -0.518. The second-order valence-electron chi connectivity index (χ2n) is 3.17. The van der Waals surface area contributed by atoms with Gasteiger partial charge < -0.3 is 9.63 Å². The van der Waals surface area contributed by atoms with E-state index >= 15 is 0 Å². The van der Waals surface area contributed by atoms with Crippen LogP contribution in [0.15, 0.2) is 22.7 Å². The lowest BCUT2D eigenvalue weighted by Gasteiger charge is -2.02. The first-order valence-electron chi connectivity index (χ1n) is 4.23. The zero-order valence-electron chi connectivity index (χ0n) is 7.61. The van der Waals surface area contributed by atoms with Gasteiger partial charge in [-0.3, -0.25) is 0 Å². The Morgan fingerprint density at radius 1 is 1.46 bits per heavy atom. The highest BCUT2D eigenvalue weighted by Gasteiger charge is 2.11. The molecule has 0 amide bonds. The van der Waals surface area contributed by atoms with Crippen molar-refractivity contribution in [3.05, 3.63) is 29.5 Å². The van der Waals surface area contributed by atoms with Crippen LogP contribution in [0.5, 0.6) is 0 Å².